The highest BCUT2D eigenvalue weighted by Crippen LogP contribution is 2.38. The van der Waals surface area contributed by atoms with Gasteiger partial charge in [-0.1, -0.05) is 32.9 Å². The highest BCUT2D eigenvalue weighted by atomic mass is 28.4. The molecule has 0 bridgehead atoms. The molecule has 8 heteroatoms. The van der Waals surface area contributed by atoms with Crippen LogP contribution in [-0.2, 0) is 23.3 Å². The Labute approximate surface area is 201 Å². The minimum Gasteiger partial charge on any atom is -0.490 e. The molecule has 1 aromatic carbocycles. The van der Waals surface area contributed by atoms with Gasteiger partial charge in [0, 0.05) is 0 Å². The molecule has 1 heterocycles. The zero-order chi connectivity index (χ0) is 25.5. The number of benzene rings is 1. The molecule has 6 nitrogen and oxygen atoms in total. The summed E-state index contributed by atoms with van der Waals surface area (Å²) in [6.45, 7) is 24.4. The Bertz CT molecular complexity index is 805. The van der Waals surface area contributed by atoms with E-state index in [2.05, 4.69) is 33.9 Å². The molecule has 1 aromatic rings. The summed E-state index contributed by atoms with van der Waals surface area (Å²) in [7, 11) is -2.64. The number of rotatable bonds is 7. The van der Waals surface area contributed by atoms with Crippen molar-refractivity contribution >= 4 is 26.9 Å². The molecule has 0 amide bonds. The van der Waals surface area contributed by atoms with Crippen molar-refractivity contribution in [3.05, 3.63) is 24.3 Å². The van der Waals surface area contributed by atoms with Crippen LogP contribution >= 0.6 is 0 Å². The van der Waals surface area contributed by atoms with Gasteiger partial charge in [-0.05, 0) is 84.2 Å². The molecule has 1 aliphatic rings. The molecule has 0 aromatic heterocycles. The molecular weight excluding hydrogens is 435 g/mol. The fourth-order valence-electron chi connectivity index (χ4n) is 2.92. The van der Waals surface area contributed by atoms with Crippen LogP contribution in [0, 0.1) is 0 Å². The first kappa shape index (κ1) is 27.9. The van der Waals surface area contributed by atoms with Crippen molar-refractivity contribution in [3.63, 3.8) is 0 Å². The molecule has 2 rings (SSSR count). The van der Waals surface area contributed by atoms with Crippen LogP contribution in [-0.4, -0.2) is 50.9 Å². The maximum atomic E-state index is 12.9. The van der Waals surface area contributed by atoms with Crippen LogP contribution in [0.5, 0.6) is 5.75 Å². The van der Waals surface area contributed by atoms with Gasteiger partial charge >= 0.3 is 13.1 Å². The molecule has 0 aliphatic carbocycles. The molecule has 0 radical (unpaired) electrons. The number of hydrogen-bond donors (Lipinski definition) is 0. The number of carbonyl (C=O) groups is 1. The van der Waals surface area contributed by atoms with Gasteiger partial charge < -0.3 is 23.2 Å². The molecular formula is C25H43BO6Si. The second kappa shape index (κ2) is 9.36. The van der Waals surface area contributed by atoms with Crippen LogP contribution in [0.15, 0.2) is 24.3 Å². The van der Waals surface area contributed by atoms with Crippen LogP contribution in [0.25, 0.3) is 0 Å². The summed E-state index contributed by atoms with van der Waals surface area (Å²) < 4.78 is 30.2. The zero-order valence-electron chi connectivity index (χ0n) is 22.6. The van der Waals surface area contributed by atoms with Crippen molar-refractivity contribution in [1.82, 2.24) is 0 Å². The Kier molecular flexibility index (Phi) is 7.91. The molecule has 1 unspecified atom stereocenters. The zero-order valence-corrected chi connectivity index (χ0v) is 23.6. The van der Waals surface area contributed by atoms with Crippen LogP contribution in [0.1, 0.15) is 69.2 Å². The van der Waals surface area contributed by atoms with Crippen molar-refractivity contribution < 1.29 is 28.0 Å². The summed E-state index contributed by atoms with van der Waals surface area (Å²) in [6.07, 6.45) is -0.798. The predicted octanol–water partition coefficient (Wildman–Crippen LogP) is 5.10. The molecule has 1 saturated heterocycles. The largest absolute Gasteiger partial charge is 0.494 e. The molecule has 1 fully saturated rings. The summed E-state index contributed by atoms with van der Waals surface area (Å²) in [5.74, 6) is 0.240. The predicted molar refractivity (Wildman–Crippen MR) is 136 cm³/mol. The topological polar surface area (TPSA) is 63.2 Å². The fourth-order valence-corrected chi connectivity index (χ4v) is 4.15. The van der Waals surface area contributed by atoms with E-state index in [1.165, 1.54) is 0 Å². The molecule has 0 spiro atoms. The van der Waals surface area contributed by atoms with E-state index in [-0.39, 0.29) is 11.6 Å². The highest BCUT2D eigenvalue weighted by Gasteiger charge is 2.51. The number of esters is 1. The fraction of sp³-hybridized carbons (Fsp3) is 0.720. The maximum absolute atomic E-state index is 12.9. The summed E-state index contributed by atoms with van der Waals surface area (Å²) in [6, 6.07) is 7.57. The molecule has 33 heavy (non-hydrogen) atoms. The van der Waals surface area contributed by atoms with E-state index in [1.807, 2.05) is 72.7 Å². The van der Waals surface area contributed by atoms with Crippen molar-refractivity contribution in [1.29, 1.82) is 0 Å². The van der Waals surface area contributed by atoms with Gasteiger partial charge in [0.15, 0.2) is 14.4 Å². The Morgan fingerprint density at radius 1 is 0.970 bits per heavy atom. The van der Waals surface area contributed by atoms with Crippen molar-refractivity contribution in [2.45, 2.75) is 110 Å². The summed E-state index contributed by atoms with van der Waals surface area (Å²) in [4.78, 5) is 12.9. The lowest BCUT2D eigenvalue weighted by Crippen LogP contribution is -2.49. The maximum Gasteiger partial charge on any atom is 0.494 e. The Morgan fingerprint density at radius 2 is 1.45 bits per heavy atom. The van der Waals surface area contributed by atoms with Gasteiger partial charge in [0.1, 0.15) is 18.0 Å². The van der Waals surface area contributed by atoms with Crippen LogP contribution in [0.3, 0.4) is 0 Å². The van der Waals surface area contributed by atoms with E-state index in [0.29, 0.717) is 5.75 Å². The molecule has 186 valence electrons. The first-order valence-electron chi connectivity index (χ1n) is 11.7. The quantitative estimate of drug-likeness (QED) is 0.402. The summed E-state index contributed by atoms with van der Waals surface area (Å²) in [5, 5.41) is -0.0439. The Hall–Kier alpha value is -1.35. The van der Waals surface area contributed by atoms with Crippen LogP contribution in [0.2, 0.25) is 18.1 Å². The van der Waals surface area contributed by atoms with Gasteiger partial charge in [0.25, 0.3) is 0 Å². The lowest BCUT2D eigenvalue weighted by molar-refractivity contribution is -0.165. The Morgan fingerprint density at radius 3 is 1.88 bits per heavy atom. The van der Waals surface area contributed by atoms with Crippen molar-refractivity contribution in [2.75, 3.05) is 6.61 Å². The Balaban J connectivity index is 2.11. The average Bonchev–Trinajstić information content (AvgIpc) is 2.84. The van der Waals surface area contributed by atoms with Gasteiger partial charge in [-0.25, -0.2) is 4.79 Å². The summed E-state index contributed by atoms with van der Waals surface area (Å²) in [5.41, 5.74) is -0.470. The highest BCUT2D eigenvalue weighted by molar-refractivity contribution is 6.74. The normalized spacial score (nSPS) is 19.3. The number of hydrogen-bond acceptors (Lipinski definition) is 6. The van der Waals surface area contributed by atoms with E-state index in [4.69, 9.17) is 23.2 Å². The number of ether oxygens (including phenoxy) is 2. The summed E-state index contributed by atoms with van der Waals surface area (Å²) >= 11 is 0. The van der Waals surface area contributed by atoms with E-state index in [1.54, 1.807) is 0 Å². The molecule has 1 atom stereocenters. The van der Waals surface area contributed by atoms with Crippen LogP contribution in [0.4, 0.5) is 0 Å². The van der Waals surface area contributed by atoms with E-state index in [9.17, 15) is 4.79 Å². The third kappa shape index (κ3) is 7.07. The molecule has 0 saturated carbocycles. The average molecular weight is 479 g/mol. The second-order valence-corrected chi connectivity index (χ2v) is 17.1. The van der Waals surface area contributed by atoms with Crippen molar-refractivity contribution in [2.24, 2.45) is 0 Å². The van der Waals surface area contributed by atoms with Gasteiger partial charge in [0.2, 0.25) is 0 Å². The van der Waals surface area contributed by atoms with Gasteiger partial charge in [-0.2, -0.15) is 0 Å². The molecule has 1 aliphatic heterocycles. The first-order chi connectivity index (χ1) is 14.7. The second-order valence-electron chi connectivity index (χ2n) is 12.4. The third-order valence-corrected chi connectivity index (χ3v) is 11.2. The van der Waals surface area contributed by atoms with Crippen molar-refractivity contribution in [3.8, 4) is 5.75 Å². The van der Waals surface area contributed by atoms with Gasteiger partial charge in [-0.3, -0.25) is 0 Å². The van der Waals surface area contributed by atoms with Crippen LogP contribution < -0.4 is 10.2 Å². The SMILES string of the molecule is CC(C)(C)OC(=O)C(COc1ccc(B2OC(C)(C)C(C)(C)O2)cc1)O[Si](C)(C)C(C)(C)C. The lowest BCUT2D eigenvalue weighted by Gasteiger charge is -2.39. The van der Waals surface area contributed by atoms with Gasteiger partial charge in [0.05, 0.1) is 11.2 Å². The number of carbonyl (C=O) groups excluding carboxylic acids is 1. The minimum atomic E-state index is -2.21. The lowest BCUT2D eigenvalue weighted by atomic mass is 9.79. The first-order valence-corrected chi connectivity index (χ1v) is 14.6. The van der Waals surface area contributed by atoms with E-state index < -0.39 is 44.3 Å². The minimum absolute atomic E-state index is 0.0439. The third-order valence-electron chi connectivity index (χ3n) is 6.72. The van der Waals surface area contributed by atoms with Gasteiger partial charge in [-0.15, -0.1) is 0 Å². The smallest absolute Gasteiger partial charge is 0.490 e. The molecule has 0 N–H and O–H groups in total. The van der Waals surface area contributed by atoms with E-state index >= 15 is 0 Å². The standard InChI is InChI=1S/C25H43BO6Si/c1-22(2,3)29-21(27)20(30-33(11,12)23(4,5)6)17-28-19-15-13-18(14-16-19)26-31-24(7,8)25(9,10)32-26/h13-16,20H,17H2,1-12H3. The van der Waals surface area contributed by atoms with E-state index in [0.717, 1.165) is 5.46 Å². The monoisotopic (exact) mass is 478 g/mol.